The molecule has 0 atom stereocenters. The zero-order valence-electron chi connectivity index (χ0n) is 12.5. The minimum Gasteiger partial charge on any atom is -0.294 e. The lowest BCUT2D eigenvalue weighted by Crippen LogP contribution is -1.95. The van der Waals surface area contributed by atoms with Crippen LogP contribution in [0.4, 0.5) is 0 Å². The summed E-state index contributed by atoms with van der Waals surface area (Å²) in [6.07, 6.45) is 4.81. The normalized spacial score (nSPS) is 12.8. The third-order valence-corrected chi connectivity index (χ3v) is 3.94. The van der Waals surface area contributed by atoms with Crippen LogP contribution < -0.4 is 0 Å². The maximum Gasteiger partial charge on any atom is 0.160 e. The molecule has 0 spiro atoms. The summed E-state index contributed by atoms with van der Waals surface area (Å²) < 4.78 is 0. The summed E-state index contributed by atoms with van der Waals surface area (Å²) >= 11 is 1.63. The number of carbonyl (C=O) groups is 1. The first-order chi connectivity index (χ1) is 9.68. The summed E-state index contributed by atoms with van der Waals surface area (Å²) in [5, 5.41) is 0. The predicted octanol–water partition coefficient (Wildman–Crippen LogP) is 5.24. The highest BCUT2D eigenvalue weighted by Gasteiger charge is 2.10. The van der Waals surface area contributed by atoms with E-state index in [2.05, 4.69) is 24.8 Å². The SMILES string of the molecule is CC.CC(=O)c1ccccc1SC1=CCC#CC=C1C. The number of carbonyl (C=O) groups excluding carboxylic acids is 1. The molecule has 1 aliphatic carbocycles. The highest BCUT2D eigenvalue weighted by Crippen LogP contribution is 2.34. The van der Waals surface area contributed by atoms with Gasteiger partial charge in [-0.3, -0.25) is 4.79 Å². The van der Waals surface area contributed by atoms with Crippen molar-refractivity contribution in [3.8, 4) is 11.8 Å². The average Bonchev–Trinajstić information content (AvgIpc) is 2.67. The Morgan fingerprint density at radius 1 is 1.25 bits per heavy atom. The summed E-state index contributed by atoms with van der Waals surface area (Å²) in [5.74, 6) is 6.16. The standard InChI is InChI=1S/C16H14OS.C2H6/c1-12-8-4-3-5-10-15(12)18-16-11-7-6-9-14(16)13(2)17;1-2/h6-11H,5H2,1-2H3;1-2H3. The molecule has 2 rings (SSSR count). The number of Topliss-reactive ketones (excluding diaryl/α,β-unsaturated/α-hetero) is 1. The summed E-state index contributed by atoms with van der Waals surface area (Å²) in [4.78, 5) is 13.8. The third-order valence-electron chi connectivity index (χ3n) is 2.66. The molecule has 0 heterocycles. The maximum atomic E-state index is 11.6. The Morgan fingerprint density at radius 2 is 1.95 bits per heavy atom. The van der Waals surface area contributed by atoms with E-state index in [0.717, 1.165) is 22.5 Å². The van der Waals surface area contributed by atoms with Gasteiger partial charge in [-0.1, -0.05) is 61.7 Å². The van der Waals surface area contributed by atoms with E-state index in [-0.39, 0.29) is 5.78 Å². The first-order valence-electron chi connectivity index (χ1n) is 6.82. The molecule has 0 unspecified atom stereocenters. The largest absolute Gasteiger partial charge is 0.294 e. The van der Waals surface area contributed by atoms with Crippen molar-refractivity contribution in [3.05, 3.63) is 52.5 Å². The second-order valence-corrected chi connectivity index (χ2v) is 5.16. The Morgan fingerprint density at radius 3 is 2.65 bits per heavy atom. The van der Waals surface area contributed by atoms with Gasteiger partial charge in [0.1, 0.15) is 0 Å². The van der Waals surface area contributed by atoms with Gasteiger partial charge in [0, 0.05) is 21.8 Å². The summed E-state index contributed by atoms with van der Waals surface area (Å²) in [5.41, 5.74) is 1.93. The van der Waals surface area contributed by atoms with Gasteiger partial charge in [0.2, 0.25) is 0 Å². The smallest absolute Gasteiger partial charge is 0.160 e. The molecule has 1 nitrogen and oxygen atoms in total. The molecule has 0 fully saturated rings. The lowest BCUT2D eigenvalue weighted by molar-refractivity contribution is 0.101. The second kappa shape index (κ2) is 8.45. The monoisotopic (exact) mass is 284 g/mol. The molecule has 0 N–H and O–H groups in total. The lowest BCUT2D eigenvalue weighted by atomic mass is 10.1. The van der Waals surface area contributed by atoms with Crippen molar-refractivity contribution in [2.24, 2.45) is 0 Å². The number of thioether (sulfide) groups is 1. The molecule has 0 saturated heterocycles. The predicted molar refractivity (Wildman–Crippen MR) is 87.9 cm³/mol. The van der Waals surface area contributed by atoms with Gasteiger partial charge in [-0.2, -0.15) is 0 Å². The number of hydrogen-bond donors (Lipinski definition) is 0. The fourth-order valence-corrected chi connectivity index (χ4v) is 2.77. The molecule has 1 aromatic rings. The van der Waals surface area contributed by atoms with E-state index in [1.54, 1.807) is 18.7 Å². The van der Waals surface area contributed by atoms with E-state index >= 15 is 0 Å². The Bertz CT molecular complexity index is 597. The van der Waals surface area contributed by atoms with Gasteiger partial charge in [0.25, 0.3) is 0 Å². The highest BCUT2D eigenvalue weighted by atomic mass is 32.2. The number of rotatable bonds is 3. The molecule has 0 bridgehead atoms. The van der Waals surface area contributed by atoms with E-state index in [1.807, 2.05) is 44.2 Å². The molecular formula is C18H20OS. The fourth-order valence-electron chi connectivity index (χ4n) is 1.68. The average molecular weight is 284 g/mol. The highest BCUT2D eigenvalue weighted by molar-refractivity contribution is 8.03. The van der Waals surface area contributed by atoms with Crippen molar-refractivity contribution >= 4 is 17.5 Å². The van der Waals surface area contributed by atoms with Crippen LogP contribution in [0.3, 0.4) is 0 Å². The van der Waals surface area contributed by atoms with E-state index in [1.165, 1.54) is 4.91 Å². The van der Waals surface area contributed by atoms with Gasteiger partial charge >= 0.3 is 0 Å². The fraction of sp³-hybridized carbons (Fsp3) is 0.278. The van der Waals surface area contributed by atoms with Gasteiger partial charge in [-0.05, 0) is 31.6 Å². The molecule has 2 heteroatoms. The van der Waals surface area contributed by atoms with Crippen LogP contribution in [0.25, 0.3) is 0 Å². The van der Waals surface area contributed by atoms with Crippen molar-refractivity contribution in [1.29, 1.82) is 0 Å². The lowest BCUT2D eigenvalue weighted by Gasteiger charge is -2.09. The topological polar surface area (TPSA) is 17.1 Å². The molecule has 0 aliphatic heterocycles. The minimum atomic E-state index is 0.102. The van der Waals surface area contributed by atoms with Crippen molar-refractivity contribution in [1.82, 2.24) is 0 Å². The van der Waals surface area contributed by atoms with Crippen LogP contribution in [0, 0.1) is 11.8 Å². The van der Waals surface area contributed by atoms with Crippen molar-refractivity contribution < 1.29 is 4.79 Å². The van der Waals surface area contributed by atoms with E-state index in [0.29, 0.717) is 0 Å². The number of allylic oxidation sites excluding steroid dienone is 3. The van der Waals surface area contributed by atoms with Crippen LogP contribution in [-0.4, -0.2) is 5.78 Å². The van der Waals surface area contributed by atoms with Crippen molar-refractivity contribution in [3.63, 3.8) is 0 Å². The Hall–Kier alpha value is -1.72. The van der Waals surface area contributed by atoms with E-state index in [9.17, 15) is 4.79 Å². The zero-order valence-corrected chi connectivity index (χ0v) is 13.3. The van der Waals surface area contributed by atoms with Crippen LogP contribution in [-0.2, 0) is 0 Å². The van der Waals surface area contributed by atoms with Gasteiger partial charge < -0.3 is 0 Å². The van der Waals surface area contributed by atoms with Crippen LogP contribution in [0.2, 0.25) is 0 Å². The van der Waals surface area contributed by atoms with Crippen LogP contribution in [0.5, 0.6) is 0 Å². The Kier molecular flexibility index (Phi) is 6.90. The molecule has 0 amide bonds. The zero-order chi connectivity index (χ0) is 15.0. The number of ketones is 1. The van der Waals surface area contributed by atoms with Gasteiger partial charge in [0.05, 0.1) is 0 Å². The van der Waals surface area contributed by atoms with Gasteiger partial charge in [-0.15, -0.1) is 0 Å². The minimum absolute atomic E-state index is 0.102. The summed E-state index contributed by atoms with van der Waals surface area (Å²) in [6, 6.07) is 7.72. The van der Waals surface area contributed by atoms with Crippen molar-refractivity contribution in [2.45, 2.75) is 39.0 Å². The van der Waals surface area contributed by atoms with Crippen LogP contribution >= 0.6 is 11.8 Å². The second-order valence-electron chi connectivity index (χ2n) is 4.08. The van der Waals surface area contributed by atoms with Gasteiger partial charge in [-0.25, -0.2) is 0 Å². The quantitative estimate of drug-likeness (QED) is 0.557. The molecule has 1 aromatic carbocycles. The number of hydrogen-bond acceptors (Lipinski definition) is 2. The van der Waals surface area contributed by atoms with Gasteiger partial charge in [0.15, 0.2) is 5.78 Å². The molecule has 20 heavy (non-hydrogen) atoms. The van der Waals surface area contributed by atoms with Crippen LogP contribution in [0.1, 0.15) is 44.5 Å². The van der Waals surface area contributed by atoms with Crippen molar-refractivity contribution in [2.75, 3.05) is 0 Å². The molecule has 0 saturated carbocycles. The molecule has 0 radical (unpaired) electrons. The van der Waals surface area contributed by atoms with Crippen LogP contribution in [0.15, 0.2) is 51.8 Å². The molecule has 104 valence electrons. The first kappa shape index (κ1) is 16.3. The third kappa shape index (κ3) is 4.43. The molecule has 0 aromatic heterocycles. The number of benzene rings is 1. The first-order valence-corrected chi connectivity index (χ1v) is 7.63. The molecular weight excluding hydrogens is 264 g/mol. The molecule has 1 aliphatic rings. The van der Waals surface area contributed by atoms with E-state index in [4.69, 9.17) is 0 Å². The van der Waals surface area contributed by atoms with E-state index < -0.39 is 0 Å². The Balaban J connectivity index is 0.000000956. The Labute approximate surface area is 126 Å². The summed E-state index contributed by atoms with van der Waals surface area (Å²) in [7, 11) is 0. The summed E-state index contributed by atoms with van der Waals surface area (Å²) in [6.45, 7) is 7.65. The maximum absolute atomic E-state index is 11.6.